The molecule has 0 amide bonds. The van der Waals surface area contributed by atoms with Crippen LogP contribution in [0.1, 0.15) is 252 Å². The molecular weight excluding hydrogens is 949 g/mol. The van der Waals surface area contributed by atoms with E-state index in [2.05, 4.69) is 154 Å². The van der Waals surface area contributed by atoms with Crippen molar-refractivity contribution in [3.63, 3.8) is 0 Å². The number of esters is 3. The van der Waals surface area contributed by atoms with E-state index in [1.165, 1.54) is 116 Å². The number of carbonyl (C=O) groups is 3. The lowest BCUT2D eigenvalue weighted by Crippen LogP contribution is -2.30. The molecule has 0 aromatic rings. The van der Waals surface area contributed by atoms with Gasteiger partial charge in [0.25, 0.3) is 0 Å². The Morgan fingerprint density at radius 3 is 0.909 bits per heavy atom. The number of rotatable bonds is 54. The molecule has 77 heavy (non-hydrogen) atoms. The van der Waals surface area contributed by atoms with Crippen LogP contribution in [0.5, 0.6) is 0 Å². The normalized spacial score (nSPS) is 13.2. The maximum absolute atomic E-state index is 12.8. The maximum atomic E-state index is 12.8. The van der Waals surface area contributed by atoms with Crippen LogP contribution < -0.4 is 0 Å². The van der Waals surface area contributed by atoms with Gasteiger partial charge in [-0.15, -0.1) is 0 Å². The van der Waals surface area contributed by atoms with Crippen LogP contribution >= 0.6 is 0 Å². The summed E-state index contributed by atoms with van der Waals surface area (Å²) in [4.78, 5) is 38.1. The van der Waals surface area contributed by atoms with E-state index >= 15 is 0 Å². The van der Waals surface area contributed by atoms with Crippen molar-refractivity contribution in [2.24, 2.45) is 0 Å². The quantitative estimate of drug-likeness (QED) is 0.0261. The van der Waals surface area contributed by atoms with Crippen molar-refractivity contribution < 1.29 is 28.6 Å². The van der Waals surface area contributed by atoms with E-state index in [1.54, 1.807) is 12.2 Å². The lowest BCUT2D eigenvalue weighted by atomic mass is 10.0. The monoisotopic (exact) mass is 1060 g/mol. The molecule has 432 valence electrons. The van der Waals surface area contributed by atoms with Crippen LogP contribution in [0, 0.1) is 0 Å². The fraction of sp³-hybridized carbons (Fsp3) is 0.592. The molecular formula is C71H112O6. The molecule has 0 fully saturated rings. The first-order chi connectivity index (χ1) is 38.0. The van der Waals surface area contributed by atoms with Gasteiger partial charge in [-0.25, -0.2) is 0 Å². The summed E-state index contributed by atoms with van der Waals surface area (Å²) >= 11 is 0. The Morgan fingerprint density at radius 2 is 0.558 bits per heavy atom. The molecule has 0 aromatic carbocycles. The molecule has 0 aromatic heterocycles. The first-order valence-electron chi connectivity index (χ1n) is 31.0. The molecule has 0 rings (SSSR count). The molecule has 0 aliphatic heterocycles. The van der Waals surface area contributed by atoms with E-state index in [-0.39, 0.29) is 32.0 Å². The lowest BCUT2D eigenvalue weighted by molar-refractivity contribution is -0.166. The van der Waals surface area contributed by atoms with Crippen molar-refractivity contribution in [2.75, 3.05) is 13.2 Å². The lowest BCUT2D eigenvalue weighted by Gasteiger charge is -2.17. The second-order valence-corrected chi connectivity index (χ2v) is 19.9. The highest BCUT2D eigenvalue weighted by molar-refractivity contribution is 5.72. The summed E-state index contributed by atoms with van der Waals surface area (Å²) in [7, 11) is 0. The van der Waals surface area contributed by atoms with Crippen molar-refractivity contribution >= 4 is 17.9 Å². The standard InChI is InChI=1S/C71H112O6/c1-4-7-10-13-16-19-22-25-28-29-30-31-32-33-34-35-36-37-38-39-40-41-44-46-49-52-55-58-61-64-70(73)76-67-68(77-71(74)65-62-59-56-53-50-47-43-27-24-21-18-15-12-9-6-3)66-75-69(72)63-60-57-54-51-48-45-42-26-23-20-17-14-11-8-5-2/h8-9,11-12,17-18,20-22,25-27,29-30,32-33,42-43,48,50-51,53,57,59-60,62,68H,4-7,10,13-16,19,23-24,28,31,34-41,44-47,49,52,54-56,58,61,63-67H2,1-3H3/b11-8-,12-9-,20-17-,21-18-,25-22-,30-29-,33-32-,42-26-,43-27-,51-48-,53-50-,60-57-,62-59-. The molecule has 0 aliphatic rings. The van der Waals surface area contributed by atoms with Crippen LogP contribution in [-0.2, 0) is 28.6 Å². The Bertz CT molecular complexity index is 1740. The van der Waals surface area contributed by atoms with E-state index < -0.39 is 18.0 Å². The van der Waals surface area contributed by atoms with Gasteiger partial charge < -0.3 is 14.2 Å². The first kappa shape index (κ1) is 72.0. The van der Waals surface area contributed by atoms with Crippen LogP contribution in [0.15, 0.2) is 158 Å². The molecule has 0 saturated heterocycles. The Balaban J connectivity index is 4.41. The number of unbranched alkanes of at least 4 members (excludes halogenated alkanes) is 19. The summed E-state index contributed by atoms with van der Waals surface area (Å²) < 4.78 is 16.7. The third-order valence-corrected chi connectivity index (χ3v) is 12.6. The van der Waals surface area contributed by atoms with Crippen molar-refractivity contribution in [1.29, 1.82) is 0 Å². The average Bonchev–Trinajstić information content (AvgIpc) is 3.43. The molecule has 0 heterocycles. The minimum atomic E-state index is -0.880. The number of hydrogen-bond donors (Lipinski definition) is 0. The molecule has 1 unspecified atom stereocenters. The zero-order valence-corrected chi connectivity index (χ0v) is 49.4. The summed E-state index contributed by atoms with van der Waals surface area (Å²) in [6.45, 7) is 6.22. The highest BCUT2D eigenvalue weighted by Gasteiger charge is 2.19. The van der Waals surface area contributed by atoms with Crippen LogP contribution in [-0.4, -0.2) is 37.2 Å². The summed E-state index contributed by atoms with van der Waals surface area (Å²) in [5, 5.41) is 0. The van der Waals surface area contributed by atoms with Gasteiger partial charge in [-0.3, -0.25) is 14.4 Å². The third-order valence-electron chi connectivity index (χ3n) is 12.6. The largest absolute Gasteiger partial charge is 0.462 e. The Labute approximate surface area is 473 Å². The van der Waals surface area contributed by atoms with Gasteiger partial charge in [-0.2, -0.15) is 0 Å². The molecule has 0 bridgehead atoms. The van der Waals surface area contributed by atoms with E-state index in [1.807, 2.05) is 12.2 Å². The van der Waals surface area contributed by atoms with Crippen molar-refractivity contribution in [2.45, 2.75) is 258 Å². The second kappa shape index (κ2) is 63.6. The van der Waals surface area contributed by atoms with Crippen LogP contribution in [0.3, 0.4) is 0 Å². The molecule has 1 atom stereocenters. The van der Waals surface area contributed by atoms with E-state index in [9.17, 15) is 14.4 Å². The summed E-state index contributed by atoms with van der Waals surface area (Å²) in [5.41, 5.74) is 0. The van der Waals surface area contributed by atoms with Gasteiger partial charge >= 0.3 is 17.9 Å². The van der Waals surface area contributed by atoms with Crippen LogP contribution in [0.25, 0.3) is 0 Å². The van der Waals surface area contributed by atoms with Gasteiger partial charge in [-0.05, 0) is 109 Å². The number of carbonyl (C=O) groups excluding carboxylic acids is 3. The van der Waals surface area contributed by atoms with Gasteiger partial charge in [0.05, 0.1) is 12.8 Å². The molecule has 6 heteroatoms. The van der Waals surface area contributed by atoms with Gasteiger partial charge in [-0.1, -0.05) is 281 Å². The number of ether oxygens (including phenoxy) is 3. The van der Waals surface area contributed by atoms with E-state index in [4.69, 9.17) is 14.2 Å². The van der Waals surface area contributed by atoms with Crippen LogP contribution in [0.4, 0.5) is 0 Å². The third kappa shape index (κ3) is 61.8. The fourth-order valence-electron chi connectivity index (χ4n) is 8.01. The molecule has 6 nitrogen and oxygen atoms in total. The Morgan fingerprint density at radius 1 is 0.286 bits per heavy atom. The number of hydrogen-bond acceptors (Lipinski definition) is 6. The predicted molar refractivity (Wildman–Crippen MR) is 334 cm³/mol. The zero-order valence-electron chi connectivity index (χ0n) is 49.4. The summed E-state index contributed by atoms with van der Waals surface area (Å²) in [6.07, 6.45) is 93.1. The minimum absolute atomic E-state index is 0.0709. The molecule has 0 aliphatic carbocycles. The van der Waals surface area contributed by atoms with Crippen molar-refractivity contribution in [3.8, 4) is 0 Å². The van der Waals surface area contributed by atoms with Gasteiger partial charge in [0.1, 0.15) is 13.2 Å². The average molecular weight is 1060 g/mol. The van der Waals surface area contributed by atoms with Gasteiger partial charge in [0.15, 0.2) is 6.10 Å². The van der Waals surface area contributed by atoms with E-state index in [0.717, 1.165) is 83.5 Å². The maximum Gasteiger partial charge on any atom is 0.310 e. The zero-order chi connectivity index (χ0) is 55.7. The highest BCUT2D eigenvalue weighted by atomic mass is 16.6. The minimum Gasteiger partial charge on any atom is -0.462 e. The van der Waals surface area contributed by atoms with E-state index in [0.29, 0.717) is 19.3 Å². The first-order valence-corrected chi connectivity index (χ1v) is 31.0. The predicted octanol–water partition coefficient (Wildman–Crippen LogP) is 21.3. The molecule has 0 radical (unpaired) electrons. The second-order valence-electron chi connectivity index (χ2n) is 19.9. The van der Waals surface area contributed by atoms with Crippen molar-refractivity contribution in [3.05, 3.63) is 158 Å². The molecule has 0 spiro atoms. The Hall–Kier alpha value is -4.97. The SMILES string of the molecule is CC/C=C\C/C=C\C/C=C\C/C=C\C/C=C\CC(=O)OCC(COC(=O)CCCCCCCCCCCCCCCC/C=C\C/C=C\C/C=C\CCCCCCC)OC(=O)C/C=C\C/C=C\C/C=C\C/C=C\C/C=C\CC. The highest BCUT2D eigenvalue weighted by Crippen LogP contribution is 2.15. The topological polar surface area (TPSA) is 78.9 Å². The summed E-state index contributed by atoms with van der Waals surface area (Å²) in [6, 6.07) is 0. The molecule has 0 saturated carbocycles. The smallest absolute Gasteiger partial charge is 0.310 e. The van der Waals surface area contributed by atoms with Gasteiger partial charge in [0, 0.05) is 6.42 Å². The van der Waals surface area contributed by atoms with Crippen molar-refractivity contribution in [1.82, 2.24) is 0 Å². The fourth-order valence-corrected chi connectivity index (χ4v) is 8.01. The number of allylic oxidation sites excluding steroid dienone is 24. The van der Waals surface area contributed by atoms with Crippen LogP contribution in [0.2, 0.25) is 0 Å². The molecule has 0 N–H and O–H groups in total. The summed E-state index contributed by atoms with van der Waals surface area (Å²) in [5.74, 6) is -1.22. The Kier molecular flexibility index (Phi) is 59.5. The van der Waals surface area contributed by atoms with Gasteiger partial charge in [0.2, 0.25) is 0 Å².